The molecule has 0 aliphatic carbocycles. The summed E-state index contributed by atoms with van der Waals surface area (Å²) in [6, 6.07) is 6.42. The molecular weight excluding hydrogens is 362 g/mol. The maximum absolute atomic E-state index is 12.8. The minimum absolute atomic E-state index is 0.315. The van der Waals surface area contributed by atoms with E-state index in [9.17, 15) is 9.59 Å². The van der Waals surface area contributed by atoms with Crippen LogP contribution in [0.3, 0.4) is 0 Å². The lowest BCUT2D eigenvalue weighted by Gasteiger charge is -2.29. The van der Waals surface area contributed by atoms with Gasteiger partial charge in [0.15, 0.2) is 6.29 Å². The molecule has 0 saturated heterocycles. The van der Waals surface area contributed by atoms with Crippen molar-refractivity contribution in [3.63, 3.8) is 0 Å². The van der Waals surface area contributed by atoms with Gasteiger partial charge >= 0.3 is 6.03 Å². The summed E-state index contributed by atoms with van der Waals surface area (Å²) in [6.07, 6.45) is 2.70. The summed E-state index contributed by atoms with van der Waals surface area (Å²) in [5.41, 5.74) is 1.88. The van der Waals surface area contributed by atoms with Gasteiger partial charge < -0.3 is 9.47 Å². The van der Waals surface area contributed by atoms with Gasteiger partial charge in [0, 0.05) is 32.5 Å². The van der Waals surface area contributed by atoms with Crippen molar-refractivity contribution in [2.45, 2.75) is 19.1 Å². The van der Waals surface area contributed by atoms with Gasteiger partial charge in [0.25, 0.3) is 0 Å². The van der Waals surface area contributed by atoms with Crippen molar-refractivity contribution in [2.24, 2.45) is 0 Å². The predicted molar refractivity (Wildman–Crippen MR) is 100 cm³/mol. The van der Waals surface area contributed by atoms with Crippen molar-refractivity contribution in [1.29, 1.82) is 5.26 Å². The lowest BCUT2D eigenvalue weighted by atomic mass is 10.0. The van der Waals surface area contributed by atoms with Crippen molar-refractivity contribution < 1.29 is 19.1 Å². The Morgan fingerprint density at radius 2 is 2.18 bits per heavy atom. The molecule has 0 atom stereocenters. The summed E-state index contributed by atoms with van der Waals surface area (Å²) >= 11 is 0. The van der Waals surface area contributed by atoms with Crippen LogP contribution in [0.2, 0.25) is 0 Å². The van der Waals surface area contributed by atoms with Crippen LogP contribution in [0.1, 0.15) is 39.9 Å². The summed E-state index contributed by atoms with van der Waals surface area (Å²) < 4.78 is 10.5. The topological polar surface area (TPSA) is 117 Å². The molecule has 28 heavy (non-hydrogen) atoms. The highest BCUT2D eigenvalue weighted by Crippen LogP contribution is 2.30. The predicted octanol–water partition coefficient (Wildman–Crippen LogP) is 2.44. The number of nitrogens with one attached hydrogen (secondary N) is 1. The molecule has 9 heteroatoms. The molecule has 2 aromatic rings. The Hall–Kier alpha value is -3.35. The molecule has 1 aliphatic rings. The van der Waals surface area contributed by atoms with Gasteiger partial charge in [-0.2, -0.15) is 5.26 Å². The zero-order valence-corrected chi connectivity index (χ0v) is 15.5. The van der Waals surface area contributed by atoms with Crippen LogP contribution in [0.4, 0.5) is 16.4 Å². The highest BCUT2D eigenvalue weighted by Gasteiger charge is 2.28. The third kappa shape index (κ3) is 3.83. The van der Waals surface area contributed by atoms with Gasteiger partial charge in [0.1, 0.15) is 23.4 Å². The number of pyridine rings is 2. The van der Waals surface area contributed by atoms with Crippen LogP contribution in [0.15, 0.2) is 24.4 Å². The largest absolute Gasteiger partial charge is 0.350 e. The van der Waals surface area contributed by atoms with Gasteiger partial charge in [-0.05, 0) is 36.6 Å². The summed E-state index contributed by atoms with van der Waals surface area (Å²) in [6.45, 7) is 0.465. The molecular formula is C19H19N5O4. The average molecular weight is 381 g/mol. The van der Waals surface area contributed by atoms with E-state index in [1.165, 1.54) is 25.3 Å². The van der Waals surface area contributed by atoms with Crippen LogP contribution < -0.4 is 10.2 Å². The quantitative estimate of drug-likeness (QED) is 0.624. The monoisotopic (exact) mass is 381 g/mol. The molecule has 0 saturated carbocycles. The van der Waals surface area contributed by atoms with Crippen LogP contribution >= 0.6 is 0 Å². The first-order valence-corrected chi connectivity index (χ1v) is 8.60. The number of nitrogens with zero attached hydrogens (tertiary/aromatic N) is 4. The van der Waals surface area contributed by atoms with Crippen molar-refractivity contribution in [3.05, 3.63) is 46.8 Å². The second kappa shape index (κ2) is 8.56. The van der Waals surface area contributed by atoms with E-state index in [0.717, 1.165) is 12.0 Å². The number of aryl methyl sites for hydroxylation is 1. The maximum Gasteiger partial charge on any atom is 0.328 e. The molecule has 0 bridgehead atoms. The number of carbonyl (C=O) groups is 2. The average Bonchev–Trinajstić information content (AvgIpc) is 2.74. The Morgan fingerprint density at radius 1 is 1.39 bits per heavy atom. The summed E-state index contributed by atoms with van der Waals surface area (Å²) in [7, 11) is 2.90. The molecule has 0 aromatic carbocycles. The Bertz CT molecular complexity index is 919. The number of urea groups is 1. The fourth-order valence-electron chi connectivity index (χ4n) is 3.04. The first kappa shape index (κ1) is 19.4. The Balaban J connectivity index is 1.92. The number of rotatable bonds is 5. The van der Waals surface area contributed by atoms with Crippen molar-refractivity contribution in [2.75, 3.05) is 31.0 Å². The second-order valence-electron chi connectivity index (χ2n) is 6.10. The molecule has 9 nitrogen and oxygen atoms in total. The third-order valence-corrected chi connectivity index (χ3v) is 4.37. The highest BCUT2D eigenvalue weighted by atomic mass is 16.7. The van der Waals surface area contributed by atoms with E-state index >= 15 is 0 Å². The van der Waals surface area contributed by atoms with Gasteiger partial charge in [-0.3, -0.25) is 15.0 Å². The third-order valence-electron chi connectivity index (χ3n) is 4.37. The molecule has 0 radical (unpaired) electrons. The summed E-state index contributed by atoms with van der Waals surface area (Å²) in [5.74, 6) is 0.782. The molecule has 0 fully saturated rings. The van der Waals surface area contributed by atoms with E-state index in [1.807, 2.05) is 6.07 Å². The van der Waals surface area contributed by atoms with Gasteiger partial charge in [-0.25, -0.2) is 14.8 Å². The zero-order chi connectivity index (χ0) is 20.1. The van der Waals surface area contributed by atoms with Crippen LogP contribution in [0.25, 0.3) is 0 Å². The number of amides is 2. The molecule has 0 unspecified atom stereocenters. The van der Waals surface area contributed by atoms with Crippen LogP contribution in [0.5, 0.6) is 0 Å². The number of hydrogen-bond donors (Lipinski definition) is 1. The van der Waals surface area contributed by atoms with E-state index in [2.05, 4.69) is 15.3 Å². The number of fused-ring (bicyclic) bond motifs is 1. The van der Waals surface area contributed by atoms with Crippen LogP contribution in [-0.4, -0.2) is 43.0 Å². The number of aromatic nitrogens is 2. The molecule has 1 aliphatic heterocycles. The Kier molecular flexibility index (Phi) is 5.93. The maximum atomic E-state index is 12.8. The van der Waals surface area contributed by atoms with Crippen LogP contribution in [-0.2, 0) is 15.9 Å². The molecule has 3 rings (SSSR count). The first-order chi connectivity index (χ1) is 13.6. The fraction of sp³-hybridized carbons (Fsp3) is 0.316. The number of carbonyl (C=O) groups excluding carboxylic acids is 2. The number of methoxy groups -OCH3 is 2. The number of anilines is 2. The van der Waals surface area contributed by atoms with E-state index in [0.29, 0.717) is 47.7 Å². The number of hydrogen-bond acceptors (Lipinski definition) is 7. The molecule has 144 valence electrons. The molecule has 0 spiro atoms. The standard InChI is InChI=1S/C19H19N5O4/c1-27-18(28-2)16-14(11-25)8-13-4-3-7-24(17(13)23-16)19(26)22-15-6-5-12(9-20)10-21-15/h5-6,8,10-11,18H,3-4,7H2,1-2H3,(H,21,22,26). The zero-order valence-electron chi connectivity index (χ0n) is 15.5. The van der Waals surface area contributed by atoms with Gasteiger partial charge in [0.2, 0.25) is 6.29 Å². The number of aldehydes is 1. The first-order valence-electron chi connectivity index (χ1n) is 8.60. The summed E-state index contributed by atoms with van der Waals surface area (Å²) in [4.78, 5) is 34.3. The van der Waals surface area contributed by atoms with Gasteiger partial charge in [-0.1, -0.05) is 0 Å². The Labute approximate surface area is 161 Å². The van der Waals surface area contributed by atoms with E-state index in [4.69, 9.17) is 14.7 Å². The normalized spacial score (nSPS) is 13.0. The smallest absolute Gasteiger partial charge is 0.328 e. The van der Waals surface area contributed by atoms with Crippen molar-refractivity contribution in [3.8, 4) is 6.07 Å². The van der Waals surface area contributed by atoms with Gasteiger partial charge in [0.05, 0.1) is 5.56 Å². The minimum Gasteiger partial charge on any atom is -0.350 e. The minimum atomic E-state index is -0.822. The number of ether oxygens (including phenoxy) is 2. The van der Waals surface area contributed by atoms with Crippen molar-refractivity contribution >= 4 is 24.0 Å². The molecule has 3 heterocycles. The molecule has 2 amide bonds. The van der Waals surface area contributed by atoms with E-state index in [1.54, 1.807) is 18.2 Å². The summed E-state index contributed by atoms with van der Waals surface area (Å²) in [5, 5.41) is 11.5. The molecule has 2 aromatic heterocycles. The second-order valence-corrected chi connectivity index (χ2v) is 6.10. The fourth-order valence-corrected chi connectivity index (χ4v) is 3.04. The Morgan fingerprint density at radius 3 is 2.79 bits per heavy atom. The SMILES string of the molecule is COC(OC)c1nc2c(cc1C=O)CCCN2C(=O)Nc1ccc(C#N)cn1. The highest BCUT2D eigenvalue weighted by molar-refractivity contribution is 6.01. The van der Waals surface area contributed by atoms with E-state index in [-0.39, 0.29) is 0 Å². The van der Waals surface area contributed by atoms with Crippen LogP contribution in [0, 0.1) is 11.3 Å². The lowest BCUT2D eigenvalue weighted by molar-refractivity contribution is -0.108. The number of nitriles is 1. The van der Waals surface area contributed by atoms with Gasteiger partial charge in [-0.15, -0.1) is 0 Å². The van der Waals surface area contributed by atoms with Crippen molar-refractivity contribution in [1.82, 2.24) is 9.97 Å². The lowest BCUT2D eigenvalue weighted by Crippen LogP contribution is -2.40. The van der Waals surface area contributed by atoms with E-state index < -0.39 is 12.3 Å². The molecule has 1 N–H and O–H groups in total.